The number of hydrogen-bond donors (Lipinski definition) is 1. The first kappa shape index (κ1) is 14.5. The fraction of sp³-hybridized carbons (Fsp3) is 0.273. The van der Waals surface area contributed by atoms with Gasteiger partial charge in [-0.2, -0.15) is 0 Å². The highest BCUT2D eigenvalue weighted by atomic mass is 79.9. The van der Waals surface area contributed by atoms with E-state index in [9.17, 15) is 4.39 Å². The normalized spacial score (nSPS) is 10.5. The van der Waals surface area contributed by atoms with Gasteiger partial charge in [0.2, 0.25) is 0 Å². The number of nitrogens with one attached hydrogen (secondary N) is 1. The maximum absolute atomic E-state index is 13.4. The Labute approximate surface area is 127 Å². The van der Waals surface area contributed by atoms with E-state index in [2.05, 4.69) is 30.8 Å². The van der Waals surface area contributed by atoms with Gasteiger partial charge in [0.25, 0.3) is 0 Å². The first-order chi connectivity index (χ1) is 9.11. The molecule has 8 heteroatoms. The summed E-state index contributed by atoms with van der Waals surface area (Å²) in [7, 11) is 0. The van der Waals surface area contributed by atoms with Crippen molar-refractivity contribution in [1.82, 2.24) is 9.59 Å². The molecule has 0 saturated carbocycles. The van der Waals surface area contributed by atoms with Crippen LogP contribution in [0.2, 0.25) is 5.02 Å². The smallest absolute Gasteiger partial charge is 0.145 e. The number of benzene rings is 1. The quantitative estimate of drug-likeness (QED) is 0.809. The van der Waals surface area contributed by atoms with Crippen molar-refractivity contribution in [2.75, 3.05) is 11.9 Å². The van der Waals surface area contributed by atoms with Gasteiger partial charge in [0, 0.05) is 24.1 Å². The standard InChI is InChI=1S/C11H10BrClFN3OS/c1-2-15-11-9(16-17-19-11)5-18-10-4-8(14)7(13)3-6(10)12/h3-4,15H,2,5H2,1H3. The molecule has 2 rings (SSSR count). The lowest BCUT2D eigenvalue weighted by Crippen LogP contribution is -2.02. The van der Waals surface area contributed by atoms with Gasteiger partial charge >= 0.3 is 0 Å². The third-order valence-corrected chi connectivity index (χ3v) is 3.87. The van der Waals surface area contributed by atoms with Crippen LogP contribution in [0.3, 0.4) is 0 Å². The Bertz CT molecular complexity index is 581. The Hall–Kier alpha value is -0.920. The van der Waals surface area contributed by atoms with Gasteiger partial charge in [-0.25, -0.2) is 4.39 Å². The summed E-state index contributed by atoms with van der Waals surface area (Å²) in [4.78, 5) is 0. The zero-order valence-corrected chi connectivity index (χ0v) is 13.1. The van der Waals surface area contributed by atoms with Crippen LogP contribution in [0, 0.1) is 5.82 Å². The second kappa shape index (κ2) is 6.49. The summed E-state index contributed by atoms with van der Waals surface area (Å²) in [5.74, 6) is -0.152. The van der Waals surface area contributed by atoms with E-state index in [0.29, 0.717) is 15.9 Å². The summed E-state index contributed by atoms with van der Waals surface area (Å²) in [5, 5.41) is 8.00. The summed E-state index contributed by atoms with van der Waals surface area (Å²) in [6.07, 6.45) is 0. The molecule has 19 heavy (non-hydrogen) atoms. The van der Waals surface area contributed by atoms with E-state index < -0.39 is 5.82 Å². The molecule has 1 aromatic heterocycles. The highest BCUT2D eigenvalue weighted by Gasteiger charge is 2.11. The van der Waals surface area contributed by atoms with Crippen molar-refractivity contribution in [3.63, 3.8) is 0 Å². The van der Waals surface area contributed by atoms with Gasteiger partial charge in [0.05, 0.1) is 9.50 Å². The molecule has 0 aliphatic rings. The van der Waals surface area contributed by atoms with Crippen molar-refractivity contribution < 1.29 is 9.13 Å². The van der Waals surface area contributed by atoms with Gasteiger partial charge < -0.3 is 10.1 Å². The minimum absolute atomic E-state index is 0.0443. The van der Waals surface area contributed by atoms with Gasteiger partial charge in [-0.15, -0.1) is 5.10 Å². The lowest BCUT2D eigenvalue weighted by molar-refractivity contribution is 0.298. The number of halogens is 3. The van der Waals surface area contributed by atoms with Crippen molar-refractivity contribution in [1.29, 1.82) is 0 Å². The zero-order chi connectivity index (χ0) is 13.8. The molecule has 0 amide bonds. The molecule has 0 spiro atoms. The Morgan fingerprint density at radius 1 is 1.53 bits per heavy atom. The maximum Gasteiger partial charge on any atom is 0.145 e. The van der Waals surface area contributed by atoms with Crippen LogP contribution in [-0.4, -0.2) is 16.1 Å². The Balaban J connectivity index is 2.10. The van der Waals surface area contributed by atoms with E-state index in [4.69, 9.17) is 16.3 Å². The lowest BCUT2D eigenvalue weighted by atomic mass is 10.3. The third-order valence-electron chi connectivity index (χ3n) is 2.23. The van der Waals surface area contributed by atoms with E-state index in [1.807, 2.05) is 6.92 Å². The average Bonchev–Trinajstić information content (AvgIpc) is 2.80. The minimum Gasteiger partial charge on any atom is -0.486 e. The monoisotopic (exact) mass is 365 g/mol. The molecule has 102 valence electrons. The van der Waals surface area contributed by atoms with Crippen molar-refractivity contribution in [2.45, 2.75) is 13.5 Å². The first-order valence-electron chi connectivity index (χ1n) is 5.44. The molecule has 0 bridgehead atoms. The molecule has 0 saturated heterocycles. The van der Waals surface area contributed by atoms with E-state index in [1.165, 1.54) is 23.7 Å². The molecular formula is C11H10BrClFN3OS. The first-order valence-corrected chi connectivity index (χ1v) is 7.38. The Kier molecular flexibility index (Phi) is 4.95. The second-order valence-electron chi connectivity index (χ2n) is 3.56. The number of anilines is 1. The predicted octanol–water partition coefficient (Wildman–Crippen LogP) is 4.10. The molecule has 1 aromatic carbocycles. The molecule has 0 radical (unpaired) electrons. The van der Waals surface area contributed by atoms with Gasteiger partial charge in [-0.3, -0.25) is 0 Å². The fourth-order valence-corrected chi connectivity index (χ4v) is 2.75. The minimum atomic E-state index is -0.525. The molecule has 1 heterocycles. The van der Waals surface area contributed by atoms with Crippen LogP contribution in [0.1, 0.15) is 12.6 Å². The number of hydrogen-bond acceptors (Lipinski definition) is 5. The molecule has 0 fully saturated rings. The number of rotatable bonds is 5. The Morgan fingerprint density at radius 3 is 3.05 bits per heavy atom. The van der Waals surface area contributed by atoms with Crippen LogP contribution in [0.4, 0.5) is 9.39 Å². The molecule has 4 nitrogen and oxygen atoms in total. The summed E-state index contributed by atoms with van der Waals surface area (Å²) >= 11 is 10.2. The fourth-order valence-electron chi connectivity index (χ4n) is 1.36. The maximum atomic E-state index is 13.4. The zero-order valence-electron chi connectivity index (χ0n) is 9.91. The van der Waals surface area contributed by atoms with E-state index in [-0.39, 0.29) is 11.6 Å². The highest BCUT2D eigenvalue weighted by Crippen LogP contribution is 2.31. The SMILES string of the molecule is CCNc1snnc1COc1cc(F)c(Cl)cc1Br. The molecular weight excluding hydrogens is 357 g/mol. The summed E-state index contributed by atoms with van der Waals surface area (Å²) in [5.41, 5.74) is 0.689. The summed E-state index contributed by atoms with van der Waals surface area (Å²) in [6, 6.07) is 2.69. The molecule has 0 aliphatic heterocycles. The average molecular weight is 367 g/mol. The van der Waals surface area contributed by atoms with Crippen molar-refractivity contribution >= 4 is 44.1 Å². The van der Waals surface area contributed by atoms with Crippen LogP contribution in [0.25, 0.3) is 0 Å². The number of nitrogens with zero attached hydrogens (tertiary/aromatic N) is 2. The molecule has 0 aliphatic carbocycles. The van der Waals surface area contributed by atoms with Gasteiger partial charge in [-0.05, 0) is 28.9 Å². The van der Waals surface area contributed by atoms with E-state index in [0.717, 1.165) is 11.5 Å². The molecule has 0 unspecified atom stereocenters. The summed E-state index contributed by atoms with van der Waals surface area (Å²) < 4.78 is 23.3. The molecule has 0 atom stereocenters. The number of ether oxygens (including phenoxy) is 1. The third kappa shape index (κ3) is 3.55. The Morgan fingerprint density at radius 2 is 2.32 bits per heavy atom. The van der Waals surface area contributed by atoms with Crippen LogP contribution in [0.5, 0.6) is 5.75 Å². The van der Waals surface area contributed by atoms with E-state index >= 15 is 0 Å². The second-order valence-corrected chi connectivity index (χ2v) is 5.58. The van der Waals surface area contributed by atoms with Crippen LogP contribution in [-0.2, 0) is 6.61 Å². The van der Waals surface area contributed by atoms with E-state index in [1.54, 1.807) is 0 Å². The van der Waals surface area contributed by atoms with Gasteiger partial charge in [0.1, 0.15) is 28.9 Å². The lowest BCUT2D eigenvalue weighted by Gasteiger charge is -2.08. The van der Waals surface area contributed by atoms with Crippen LogP contribution < -0.4 is 10.1 Å². The topological polar surface area (TPSA) is 47.0 Å². The van der Waals surface area contributed by atoms with Crippen molar-refractivity contribution in [2.24, 2.45) is 0 Å². The highest BCUT2D eigenvalue weighted by molar-refractivity contribution is 9.10. The van der Waals surface area contributed by atoms with Crippen molar-refractivity contribution in [3.8, 4) is 5.75 Å². The number of aromatic nitrogens is 2. The molecule has 2 aromatic rings. The summed E-state index contributed by atoms with van der Waals surface area (Å²) in [6.45, 7) is 2.96. The van der Waals surface area contributed by atoms with Gasteiger partial charge in [0.15, 0.2) is 0 Å². The predicted molar refractivity (Wildman–Crippen MR) is 77.5 cm³/mol. The largest absolute Gasteiger partial charge is 0.486 e. The van der Waals surface area contributed by atoms with Gasteiger partial charge in [-0.1, -0.05) is 16.1 Å². The van der Waals surface area contributed by atoms with Crippen molar-refractivity contribution in [3.05, 3.63) is 33.1 Å². The molecule has 1 N–H and O–H groups in total. The van der Waals surface area contributed by atoms with Crippen LogP contribution in [0.15, 0.2) is 16.6 Å². The van der Waals surface area contributed by atoms with Crippen LogP contribution >= 0.6 is 39.1 Å².